The van der Waals surface area contributed by atoms with E-state index in [1.807, 2.05) is 0 Å². The Morgan fingerprint density at radius 3 is 1.40 bits per heavy atom. The van der Waals surface area contributed by atoms with E-state index in [1.54, 1.807) is 7.05 Å². The fourth-order valence-corrected chi connectivity index (χ4v) is 0. The summed E-state index contributed by atoms with van der Waals surface area (Å²) in [6.45, 7) is 0. The smallest absolute Gasteiger partial charge is 0.338 e. The van der Waals surface area contributed by atoms with Gasteiger partial charge in [0, 0.05) is 7.05 Å². The molecule has 0 aromatic carbocycles. The zero-order valence-corrected chi connectivity index (χ0v) is 6.26. The molecule has 0 unspecified atom stereocenters. The van der Waals surface area contributed by atoms with E-state index in [-0.39, 0.29) is 11.9 Å². The molecule has 0 amide bonds. The van der Waals surface area contributed by atoms with Crippen molar-refractivity contribution >= 4 is 11.9 Å². The molecule has 0 bridgehead atoms. The van der Waals surface area contributed by atoms with Crippen LogP contribution in [-0.4, -0.2) is 26.0 Å². The lowest BCUT2D eigenvalue weighted by atomic mass is 11.1. The zero-order chi connectivity index (χ0) is 8.57. The molecule has 0 saturated carbocycles. The van der Waals surface area contributed by atoms with Gasteiger partial charge in [0.1, 0.15) is 0 Å². The van der Waals surface area contributed by atoms with Gasteiger partial charge in [-0.3, -0.25) is 21.5 Å². The van der Waals surface area contributed by atoms with Crippen LogP contribution >= 0.6 is 0 Å². The van der Waals surface area contributed by atoms with E-state index in [1.165, 1.54) is 7.05 Å². The van der Waals surface area contributed by atoms with Gasteiger partial charge in [0.25, 0.3) is 0 Å². The van der Waals surface area contributed by atoms with Crippen molar-refractivity contribution in [1.82, 2.24) is 0 Å². The van der Waals surface area contributed by atoms with Crippen LogP contribution < -0.4 is 27.9 Å². The maximum Gasteiger partial charge on any atom is 0.338 e. The summed E-state index contributed by atoms with van der Waals surface area (Å²) in [5.74, 6) is 0.384. The normalized spacial score (nSPS) is 6.60. The Balaban J connectivity index is 0. The van der Waals surface area contributed by atoms with Gasteiger partial charge in [-0.15, -0.1) is 0 Å². The Labute approximate surface area is 60.0 Å². The summed E-state index contributed by atoms with van der Waals surface area (Å²) in [4.78, 5) is 5.86. The number of hydrogen-bond donors (Lipinski definition) is 5. The van der Waals surface area contributed by atoms with Crippen LogP contribution in [0.5, 0.6) is 0 Å². The highest BCUT2D eigenvalue weighted by molar-refractivity contribution is 5.75. The number of hydrogen-bond acceptors (Lipinski definition) is 1. The number of rotatable bonds is 0. The van der Waals surface area contributed by atoms with Gasteiger partial charge in [-0.05, 0) is 0 Å². The second-order valence-corrected chi connectivity index (χ2v) is 1.35. The summed E-state index contributed by atoms with van der Waals surface area (Å²) in [6, 6.07) is 0. The van der Waals surface area contributed by atoms with Crippen molar-refractivity contribution in [2.75, 3.05) is 14.1 Å². The van der Waals surface area contributed by atoms with Crippen molar-refractivity contribution in [3.05, 3.63) is 0 Å². The molecule has 0 spiro atoms. The molecule has 0 aromatic rings. The van der Waals surface area contributed by atoms with Crippen LogP contribution in [0.4, 0.5) is 0 Å². The Bertz CT molecular complexity index is 102. The van der Waals surface area contributed by atoms with Gasteiger partial charge >= 0.3 is 5.96 Å². The van der Waals surface area contributed by atoms with E-state index in [9.17, 15) is 0 Å². The lowest BCUT2D eigenvalue weighted by molar-refractivity contribution is -0.422. The summed E-state index contributed by atoms with van der Waals surface area (Å²) in [7, 11) is 3.20. The highest BCUT2D eigenvalue weighted by atomic mass is 15.0. The quantitative estimate of drug-likeness (QED) is 0.176. The van der Waals surface area contributed by atoms with Crippen molar-refractivity contribution in [3.8, 4) is 0 Å². The summed E-state index contributed by atoms with van der Waals surface area (Å²) < 4.78 is 0. The van der Waals surface area contributed by atoms with E-state index in [2.05, 4.69) is 9.98 Å². The second-order valence-electron chi connectivity index (χ2n) is 1.35. The van der Waals surface area contributed by atoms with E-state index < -0.39 is 0 Å². The highest BCUT2D eigenvalue weighted by Gasteiger charge is 1.71. The minimum Gasteiger partial charge on any atom is -0.370 e. The molecule has 0 rings (SSSR count). The summed E-state index contributed by atoms with van der Waals surface area (Å²) in [5.41, 5.74) is 19.4. The molecule has 10 heavy (non-hydrogen) atoms. The zero-order valence-electron chi connectivity index (χ0n) is 6.26. The first kappa shape index (κ1) is 11.4. The maximum atomic E-state index is 4.88. The Kier molecular flexibility index (Phi) is 8.56. The highest BCUT2D eigenvalue weighted by Crippen LogP contribution is 1.40. The molecule has 6 nitrogen and oxygen atoms in total. The fraction of sp³-hybridized carbons (Fsp3) is 0.500. The van der Waals surface area contributed by atoms with Gasteiger partial charge < -0.3 is 11.5 Å². The molecule has 0 aromatic heterocycles. The number of nitrogens with one attached hydrogen (secondary N) is 1. The van der Waals surface area contributed by atoms with E-state index >= 15 is 0 Å². The van der Waals surface area contributed by atoms with E-state index in [0.717, 1.165) is 0 Å². The molecule has 0 aliphatic rings. The summed E-state index contributed by atoms with van der Waals surface area (Å²) in [5, 5.41) is 0. The fourth-order valence-electron chi connectivity index (χ4n) is 0. The lowest BCUT2D eigenvalue weighted by Gasteiger charge is -1.77. The van der Waals surface area contributed by atoms with Crippen molar-refractivity contribution < 1.29 is 4.99 Å². The molecule has 0 aliphatic heterocycles. The van der Waals surface area contributed by atoms with Crippen LogP contribution in [0, 0.1) is 0 Å². The van der Waals surface area contributed by atoms with Gasteiger partial charge in [0.05, 0.1) is 7.05 Å². The molecular formula is C4H15N6+. The van der Waals surface area contributed by atoms with Crippen LogP contribution in [0.15, 0.2) is 4.99 Å². The van der Waals surface area contributed by atoms with Crippen molar-refractivity contribution in [1.29, 1.82) is 0 Å². The van der Waals surface area contributed by atoms with Gasteiger partial charge in [-0.25, -0.2) is 0 Å². The molecule has 0 heterocycles. The summed E-state index contributed by atoms with van der Waals surface area (Å²) >= 11 is 0. The van der Waals surface area contributed by atoms with Gasteiger partial charge in [0.15, 0.2) is 5.96 Å². The average molecular weight is 147 g/mol. The largest absolute Gasteiger partial charge is 0.370 e. The van der Waals surface area contributed by atoms with Gasteiger partial charge in [0.2, 0.25) is 0 Å². The minimum absolute atomic E-state index is 0.130. The maximum absolute atomic E-state index is 4.88. The monoisotopic (exact) mass is 147 g/mol. The van der Waals surface area contributed by atoms with E-state index in [0.29, 0.717) is 0 Å². The first-order chi connectivity index (χ1) is 4.54. The standard InChI is InChI=1S/2C2H7N3/c2*1-5-2(3)4/h2*1H3,(H4,3,4,5)/p+1. The predicted octanol–water partition coefficient (Wildman–Crippen LogP) is -4.14. The number of nitrogens with two attached hydrogens (primary N) is 4. The lowest BCUT2D eigenvalue weighted by Crippen LogP contribution is -2.73. The third-order valence-electron chi connectivity index (χ3n) is 0.547. The Hall–Kier alpha value is -1.46. The van der Waals surface area contributed by atoms with Crippen molar-refractivity contribution in [2.45, 2.75) is 0 Å². The molecular weight excluding hydrogens is 132 g/mol. The summed E-state index contributed by atoms with van der Waals surface area (Å²) in [6.07, 6.45) is 0. The molecule has 0 fully saturated rings. The molecule has 6 heteroatoms. The van der Waals surface area contributed by atoms with Crippen LogP contribution in [0.1, 0.15) is 0 Å². The van der Waals surface area contributed by atoms with Gasteiger partial charge in [-0.1, -0.05) is 0 Å². The molecule has 60 valence electrons. The molecule has 0 radical (unpaired) electrons. The number of aliphatic imine (C=N–C) groups is 1. The first-order valence-electron chi connectivity index (χ1n) is 2.58. The third-order valence-corrected chi connectivity index (χ3v) is 0.547. The molecule has 0 aliphatic carbocycles. The Morgan fingerprint density at radius 2 is 1.40 bits per heavy atom. The second kappa shape index (κ2) is 7.54. The Morgan fingerprint density at radius 1 is 1.20 bits per heavy atom. The van der Waals surface area contributed by atoms with Crippen LogP contribution in [-0.2, 0) is 0 Å². The molecule has 0 saturated heterocycles. The van der Waals surface area contributed by atoms with Crippen LogP contribution in [0.25, 0.3) is 0 Å². The minimum atomic E-state index is 0.130. The van der Waals surface area contributed by atoms with Crippen molar-refractivity contribution in [3.63, 3.8) is 0 Å². The van der Waals surface area contributed by atoms with Crippen LogP contribution in [0.2, 0.25) is 0 Å². The van der Waals surface area contributed by atoms with Gasteiger partial charge in [-0.2, -0.15) is 0 Å². The first-order valence-corrected chi connectivity index (χ1v) is 2.58. The molecule has 9 N–H and O–H groups in total. The third kappa shape index (κ3) is 31.1. The predicted molar refractivity (Wildman–Crippen MR) is 42.0 cm³/mol. The van der Waals surface area contributed by atoms with E-state index in [4.69, 9.17) is 22.9 Å². The topological polar surface area (TPSA) is 130 Å². The average Bonchev–Trinajstić information content (AvgIpc) is 1.89. The SMILES string of the molecule is CN=C(N)N.C[NH+]=C(N)N. The molecule has 0 atom stereocenters. The number of nitrogens with zero attached hydrogens (tertiary/aromatic N) is 1. The van der Waals surface area contributed by atoms with Crippen molar-refractivity contribution in [2.24, 2.45) is 27.9 Å². The van der Waals surface area contributed by atoms with Crippen LogP contribution in [0.3, 0.4) is 0 Å². The number of guanidine groups is 2.